The number of aliphatic hydroxyl groups is 1. The molecule has 8 nitrogen and oxygen atoms in total. The molecule has 3 heterocycles. The Bertz CT molecular complexity index is 1170. The first kappa shape index (κ1) is 24.1. The third-order valence-corrected chi connectivity index (χ3v) is 5.74. The molecule has 34 heavy (non-hydrogen) atoms. The van der Waals surface area contributed by atoms with Crippen molar-refractivity contribution in [3.05, 3.63) is 42.1 Å². The summed E-state index contributed by atoms with van der Waals surface area (Å²) in [5.41, 5.74) is 6.11. The van der Waals surface area contributed by atoms with Crippen LogP contribution in [0.1, 0.15) is 56.8 Å². The van der Waals surface area contributed by atoms with E-state index in [-0.39, 0.29) is 17.9 Å². The average molecular weight is 477 g/mol. The first-order valence-electron chi connectivity index (χ1n) is 11.1. The molecule has 4 N–H and O–H groups in total. The molecule has 11 heteroatoms. The number of alkyl halides is 3. The van der Waals surface area contributed by atoms with Crippen molar-refractivity contribution in [2.75, 3.05) is 11.9 Å². The molecule has 1 saturated carbocycles. The quantitative estimate of drug-likeness (QED) is 0.481. The van der Waals surface area contributed by atoms with Crippen LogP contribution in [0.4, 0.5) is 24.8 Å². The van der Waals surface area contributed by atoms with Gasteiger partial charge >= 0.3 is 6.18 Å². The van der Waals surface area contributed by atoms with E-state index >= 15 is 0 Å². The predicted octanol–water partition coefficient (Wildman–Crippen LogP) is 4.32. The summed E-state index contributed by atoms with van der Waals surface area (Å²) in [6.07, 6.45) is 2.89. The summed E-state index contributed by atoms with van der Waals surface area (Å²) in [4.78, 5) is 17.3. The number of rotatable bonds is 6. The third-order valence-electron chi connectivity index (χ3n) is 5.74. The first-order valence-corrected chi connectivity index (χ1v) is 11.1. The van der Waals surface area contributed by atoms with Crippen molar-refractivity contribution >= 4 is 22.4 Å². The highest BCUT2D eigenvalue weighted by molar-refractivity contribution is 5.91. The molecule has 3 aromatic rings. The Morgan fingerprint density at radius 3 is 2.62 bits per heavy atom. The zero-order valence-corrected chi connectivity index (χ0v) is 18.9. The number of ether oxygens (including phenoxy) is 1. The fourth-order valence-corrected chi connectivity index (χ4v) is 4.13. The van der Waals surface area contributed by atoms with Crippen LogP contribution in [0.2, 0.25) is 0 Å². The van der Waals surface area contributed by atoms with E-state index in [1.807, 2.05) is 0 Å². The summed E-state index contributed by atoms with van der Waals surface area (Å²) in [5, 5.41) is 14.0. The van der Waals surface area contributed by atoms with Crippen molar-refractivity contribution < 1.29 is 23.0 Å². The fraction of sp³-hybridized carbons (Fsp3) is 0.478. The van der Waals surface area contributed by atoms with E-state index < -0.39 is 18.3 Å². The SMILES string of the molecule is CC(C)(N)c1cnc(OCC(F)(F)F)c2cnc(Nc3ccnc([C@H]4CCC[C@H](O)C4)n3)cc12. The molecule has 0 radical (unpaired) electrons. The van der Waals surface area contributed by atoms with E-state index in [2.05, 4.69) is 25.3 Å². The first-order chi connectivity index (χ1) is 16.0. The molecule has 2 atom stereocenters. The number of pyridine rings is 2. The van der Waals surface area contributed by atoms with E-state index in [9.17, 15) is 18.3 Å². The molecule has 0 bridgehead atoms. The molecule has 0 unspecified atom stereocenters. The van der Waals surface area contributed by atoms with Gasteiger partial charge in [-0.15, -0.1) is 0 Å². The zero-order valence-electron chi connectivity index (χ0n) is 18.9. The number of nitrogens with one attached hydrogen (secondary N) is 1. The zero-order chi connectivity index (χ0) is 24.5. The normalized spacial score (nSPS) is 19.3. The van der Waals surface area contributed by atoms with Gasteiger partial charge in [-0.1, -0.05) is 6.42 Å². The van der Waals surface area contributed by atoms with Gasteiger partial charge in [-0.3, -0.25) is 0 Å². The summed E-state index contributed by atoms with van der Waals surface area (Å²) in [6.45, 7) is 2.10. The predicted molar refractivity (Wildman–Crippen MR) is 121 cm³/mol. The van der Waals surface area contributed by atoms with Crippen LogP contribution < -0.4 is 15.8 Å². The van der Waals surface area contributed by atoms with Crippen molar-refractivity contribution in [2.24, 2.45) is 5.73 Å². The molecule has 0 aromatic carbocycles. The number of aromatic nitrogens is 4. The number of hydrogen-bond donors (Lipinski definition) is 3. The molecule has 0 amide bonds. The van der Waals surface area contributed by atoms with Gasteiger partial charge in [0.05, 0.1) is 11.5 Å². The van der Waals surface area contributed by atoms with Crippen molar-refractivity contribution in [3.63, 3.8) is 0 Å². The number of fused-ring (bicyclic) bond motifs is 1. The van der Waals surface area contributed by atoms with Gasteiger partial charge in [-0.2, -0.15) is 13.2 Å². The van der Waals surface area contributed by atoms with Crippen molar-refractivity contribution in [1.82, 2.24) is 19.9 Å². The minimum Gasteiger partial charge on any atom is -0.468 e. The summed E-state index contributed by atoms with van der Waals surface area (Å²) < 4.78 is 43.0. The van der Waals surface area contributed by atoms with Gasteiger partial charge in [0.25, 0.3) is 0 Å². The summed E-state index contributed by atoms with van der Waals surface area (Å²) in [5.74, 6) is 1.52. The smallest absolute Gasteiger partial charge is 0.422 e. The van der Waals surface area contributed by atoms with Crippen LogP contribution in [-0.4, -0.2) is 43.9 Å². The lowest BCUT2D eigenvalue weighted by Gasteiger charge is -2.24. The number of hydrogen-bond acceptors (Lipinski definition) is 8. The molecule has 4 rings (SSSR count). The molecular formula is C23H27F3N6O2. The third kappa shape index (κ3) is 5.71. The van der Waals surface area contributed by atoms with Crippen molar-refractivity contribution in [2.45, 2.75) is 63.3 Å². The van der Waals surface area contributed by atoms with Crippen LogP contribution >= 0.6 is 0 Å². The van der Waals surface area contributed by atoms with E-state index in [0.717, 1.165) is 19.3 Å². The maximum absolute atomic E-state index is 12.7. The Labute approximate surface area is 194 Å². The largest absolute Gasteiger partial charge is 0.468 e. The topological polar surface area (TPSA) is 119 Å². The van der Waals surface area contributed by atoms with Crippen molar-refractivity contribution in [1.29, 1.82) is 0 Å². The number of anilines is 2. The molecular weight excluding hydrogens is 449 g/mol. The monoisotopic (exact) mass is 476 g/mol. The summed E-state index contributed by atoms with van der Waals surface area (Å²) >= 11 is 0. The average Bonchev–Trinajstić information content (AvgIpc) is 2.76. The highest BCUT2D eigenvalue weighted by atomic mass is 19.4. The maximum atomic E-state index is 12.7. The van der Waals surface area contributed by atoms with Gasteiger partial charge < -0.3 is 20.9 Å². The molecule has 0 aliphatic heterocycles. The molecule has 182 valence electrons. The highest BCUT2D eigenvalue weighted by Gasteiger charge is 2.30. The summed E-state index contributed by atoms with van der Waals surface area (Å²) in [7, 11) is 0. The van der Waals surface area contributed by atoms with Crippen LogP contribution in [0, 0.1) is 0 Å². The standard InChI is InChI=1S/C23H27F3N6O2/c1-22(2,27)17-11-30-21(34-12-23(24,25)26)16-10-29-19(9-15(16)17)31-18-6-7-28-20(32-18)13-4-3-5-14(33)8-13/h6-7,9-11,13-14,33H,3-5,8,12,27H2,1-2H3,(H,28,29,31,32)/t13-,14-/m0/s1. The van der Waals surface area contributed by atoms with E-state index in [1.54, 1.807) is 32.2 Å². The van der Waals surface area contributed by atoms with E-state index in [1.165, 1.54) is 12.4 Å². The van der Waals surface area contributed by atoms with Gasteiger partial charge in [-0.05, 0) is 56.2 Å². The Morgan fingerprint density at radius 1 is 1.12 bits per heavy atom. The minimum atomic E-state index is -4.49. The molecule has 0 saturated heterocycles. The van der Waals surface area contributed by atoms with E-state index in [0.29, 0.717) is 40.2 Å². The number of aliphatic hydroxyl groups excluding tert-OH is 1. The van der Waals surface area contributed by atoms with Crippen LogP contribution in [0.15, 0.2) is 30.7 Å². The Balaban J connectivity index is 1.65. The van der Waals surface area contributed by atoms with Crippen LogP contribution in [0.5, 0.6) is 5.88 Å². The van der Waals surface area contributed by atoms with Crippen LogP contribution in [0.25, 0.3) is 10.8 Å². The lowest BCUT2D eigenvalue weighted by molar-refractivity contribution is -0.153. The second-order valence-electron chi connectivity index (χ2n) is 9.16. The second-order valence-corrected chi connectivity index (χ2v) is 9.16. The molecule has 1 fully saturated rings. The lowest BCUT2D eigenvalue weighted by atomic mass is 9.87. The van der Waals surface area contributed by atoms with Crippen LogP contribution in [-0.2, 0) is 5.54 Å². The van der Waals surface area contributed by atoms with Gasteiger partial charge in [0, 0.05) is 30.0 Å². The van der Waals surface area contributed by atoms with Crippen LogP contribution in [0.3, 0.4) is 0 Å². The highest BCUT2D eigenvalue weighted by Crippen LogP contribution is 2.34. The van der Waals surface area contributed by atoms with E-state index in [4.69, 9.17) is 10.5 Å². The molecule has 3 aromatic heterocycles. The fourth-order valence-electron chi connectivity index (χ4n) is 4.13. The van der Waals surface area contributed by atoms with Gasteiger partial charge in [-0.25, -0.2) is 19.9 Å². The molecule has 1 aliphatic rings. The number of nitrogens with zero attached hydrogens (tertiary/aromatic N) is 4. The maximum Gasteiger partial charge on any atom is 0.422 e. The number of halogens is 3. The molecule has 1 aliphatic carbocycles. The molecule has 0 spiro atoms. The minimum absolute atomic E-state index is 0.0825. The van der Waals surface area contributed by atoms with Gasteiger partial charge in [0.2, 0.25) is 5.88 Å². The number of nitrogens with two attached hydrogens (primary N) is 1. The summed E-state index contributed by atoms with van der Waals surface area (Å²) in [6, 6.07) is 3.39. The second kappa shape index (κ2) is 9.30. The Morgan fingerprint density at radius 2 is 1.91 bits per heavy atom. The van der Waals surface area contributed by atoms with Gasteiger partial charge in [0.15, 0.2) is 6.61 Å². The Kier molecular flexibility index (Phi) is 6.59. The van der Waals surface area contributed by atoms with Gasteiger partial charge in [0.1, 0.15) is 17.5 Å². The Hall–Kier alpha value is -3.05. The lowest BCUT2D eigenvalue weighted by Crippen LogP contribution is -2.29. The van der Waals surface area contributed by atoms with Crippen molar-refractivity contribution in [3.8, 4) is 5.88 Å².